The third kappa shape index (κ3) is 3.04. The highest BCUT2D eigenvalue weighted by atomic mass is 127. The summed E-state index contributed by atoms with van der Waals surface area (Å²) in [5.74, 6) is 0.315. The summed E-state index contributed by atoms with van der Waals surface area (Å²) >= 11 is 2.25. The van der Waals surface area contributed by atoms with Crippen molar-refractivity contribution in [1.82, 2.24) is 8.87 Å². The number of piperidine rings is 1. The van der Waals surface area contributed by atoms with E-state index in [4.69, 9.17) is 0 Å². The number of nitrogens with zero attached hydrogens (tertiary/aromatic N) is 2. The molecule has 2 nitrogen and oxygen atoms in total. The van der Waals surface area contributed by atoms with Gasteiger partial charge >= 0.3 is 0 Å². The van der Waals surface area contributed by atoms with Gasteiger partial charge in [0.2, 0.25) is 0 Å². The van der Waals surface area contributed by atoms with E-state index in [1.54, 1.807) is 15.2 Å². The van der Waals surface area contributed by atoms with Crippen molar-refractivity contribution in [3.63, 3.8) is 0 Å². The summed E-state index contributed by atoms with van der Waals surface area (Å²) in [5.41, 5.74) is 3.06. The van der Waals surface area contributed by atoms with Crippen LogP contribution in [0.4, 0.5) is 4.39 Å². The molecule has 1 saturated heterocycles. The lowest BCUT2D eigenvalue weighted by molar-refractivity contribution is 0.171. The van der Waals surface area contributed by atoms with Gasteiger partial charge in [0.05, 0.1) is 5.52 Å². The molecule has 2 heterocycles. The Morgan fingerprint density at radius 3 is 2.50 bits per heavy atom. The number of aryl methyl sites for hydroxylation is 1. The number of likely N-dealkylation sites (tertiary alicyclic amines) is 1. The Labute approximate surface area is 148 Å². The normalized spacial score (nSPS) is 17.7. The zero-order valence-corrected chi connectivity index (χ0v) is 16.2. The standard InChI is InChI=1S/C17H22FIN2S/c1-11(2)20-6-4-13(5-7-20)15-9-14-8-12(3)21(22-19)17(14)10-16(15)18/h8-11,13H,4-7H2,1-3H3. The summed E-state index contributed by atoms with van der Waals surface area (Å²) in [7, 11) is 1.60. The van der Waals surface area contributed by atoms with Crippen LogP contribution in [0.3, 0.4) is 0 Å². The monoisotopic (exact) mass is 432 g/mol. The molecule has 0 spiro atoms. The van der Waals surface area contributed by atoms with Crippen LogP contribution in [0.25, 0.3) is 10.9 Å². The maximum Gasteiger partial charge on any atom is 0.128 e. The van der Waals surface area contributed by atoms with E-state index in [9.17, 15) is 4.39 Å². The molecule has 0 unspecified atom stereocenters. The number of halogens is 2. The van der Waals surface area contributed by atoms with E-state index in [-0.39, 0.29) is 5.82 Å². The van der Waals surface area contributed by atoms with Crippen molar-refractivity contribution in [2.75, 3.05) is 13.1 Å². The zero-order chi connectivity index (χ0) is 15.9. The Morgan fingerprint density at radius 2 is 1.91 bits per heavy atom. The molecule has 120 valence electrons. The van der Waals surface area contributed by atoms with Gasteiger partial charge in [-0.1, -0.05) is 0 Å². The van der Waals surface area contributed by atoms with Crippen LogP contribution in [0.1, 0.15) is 43.9 Å². The Hall–Kier alpha value is -0.270. The van der Waals surface area contributed by atoms with Gasteiger partial charge in [0.1, 0.15) is 5.82 Å². The van der Waals surface area contributed by atoms with Gasteiger partial charge in [0.25, 0.3) is 0 Å². The minimum absolute atomic E-state index is 0.0414. The van der Waals surface area contributed by atoms with Crippen LogP contribution in [0.2, 0.25) is 0 Å². The summed E-state index contributed by atoms with van der Waals surface area (Å²) in [6, 6.07) is 6.55. The molecule has 0 radical (unpaired) electrons. The first-order chi connectivity index (χ1) is 10.5. The van der Waals surface area contributed by atoms with Crippen molar-refractivity contribution in [3.8, 4) is 0 Å². The van der Waals surface area contributed by atoms with E-state index < -0.39 is 0 Å². The van der Waals surface area contributed by atoms with Crippen LogP contribution in [0.15, 0.2) is 18.2 Å². The molecule has 3 rings (SSSR count). The third-order valence-corrected chi connectivity index (χ3v) is 6.62. The predicted octanol–water partition coefficient (Wildman–Crippen LogP) is 5.52. The first-order valence-corrected chi connectivity index (χ1v) is 11.2. The minimum Gasteiger partial charge on any atom is -0.301 e. The van der Waals surface area contributed by atoms with Crippen LogP contribution >= 0.6 is 30.3 Å². The fourth-order valence-corrected chi connectivity index (χ4v) is 5.46. The Bertz CT molecular complexity index is 675. The second-order valence-corrected chi connectivity index (χ2v) is 8.17. The van der Waals surface area contributed by atoms with Gasteiger partial charge < -0.3 is 4.90 Å². The molecule has 1 aliphatic heterocycles. The molecule has 1 aromatic heterocycles. The highest BCUT2D eigenvalue weighted by molar-refractivity contribution is 14.2. The quantitative estimate of drug-likeness (QED) is 0.590. The molecule has 0 atom stereocenters. The van der Waals surface area contributed by atoms with E-state index in [0.717, 1.165) is 42.4 Å². The van der Waals surface area contributed by atoms with Gasteiger partial charge in [-0.2, -0.15) is 0 Å². The topological polar surface area (TPSA) is 8.17 Å². The summed E-state index contributed by atoms with van der Waals surface area (Å²) in [5, 5.41) is 1.16. The lowest BCUT2D eigenvalue weighted by Gasteiger charge is -2.34. The van der Waals surface area contributed by atoms with Crippen LogP contribution in [0.5, 0.6) is 0 Å². The van der Waals surface area contributed by atoms with E-state index in [0.29, 0.717) is 12.0 Å². The smallest absolute Gasteiger partial charge is 0.128 e. The van der Waals surface area contributed by atoms with E-state index in [2.05, 4.69) is 63.0 Å². The largest absolute Gasteiger partial charge is 0.301 e. The SMILES string of the molecule is Cc1cc2cc(C3CCN(C(C)C)CC3)c(F)cc2n1SI. The molecular weight excluding hydrogens is 410 g/mol. The fourth-order valence-electron chi connectivity index (χ4n) is 3.49. The van der Waals surface area contributed by atoms with Gasteiger partial charge in [-0.3, -0.25) is 3.97 Å². The highest BCUT2D eigenvalue weighted by Gasteiger charge is 2.25. The van der Waals surface area contributed by atoms with Crippen LogP contribution in [-0.4, -0.2) is 28.0 Å². The molecular formula is C17H22FIN2S. The molecule has 5 heteroatoms. The van der Waals surface area contributed by atoms with Gasteiger partial charge in [0, 0.05) is 47.4 Å². The van der Waals surface area contributed by atoms with Gasteiger partial charge in [0.15, 0.2) is 0 Å². The summed E-state index contributed by atoms with van der Waals surface area (Å²) in [4.78, 5) is 2.49. The summed E-state index contributed by atoms with van der Waals surface area (Å²) < 4.78 is 16.7. The predicted molar refractivity (Wildman–Crippen MR) is 102 cm³/mol. The van der Waals surface area contributed by atoms with Crippen molar-refractivity contribution < 1.29 is 4.39 Å². The van der Waals surface area contributed by atoms with Crippen LogP contribution in [0, 0.1) is 12.7 Å². The Balaban J connectivity index is 1.90. The van der Waals surface area contributed by atoms with Gasteiger partial charge in [-0.25, -0.2) is 4.39 Å². The molecule has 0 amide bonds. The first kappa shape index (κ1) is 16.6. The maximum atomic E-state index is 14.6. The molecule has 0 bridgehead atoms. The number of aromatic nitrogens is 1. The lowest BCUT2D eigenvalue weighted by Crippen LogP contribution is -2.38. The van der Waals surface area contributed by atoms with Crippen molar-refractivity contribution >= 4 is 41.2 Å². The minimum atomic E-state index is -0.0414. The van der Waals surface area contributed by atoms with Crippen LogP contribution < -0.4 is 0 Å². The average molecular weight is 432 g/mol. The van der Waals surface area contributed by atoms with Crippen molar-refractivity contribution in [1.29, 1.82) is 0 Å². The number of fused-ring (bicyclic) bond motifs is 1. The van der Waals surface area contributed by atoms with E-state index in [1.807, 2.05) is 0 Å². The number of hydrogen-bond donors (Lipinski definition) is 0. The van der Waals surface area contributed by atoms with Gasteiger partial charge in [-0.15, -0.1) is 0 Å². The average Bonchev–Trinajstić information content (AvgIpc) is 2.80. The van der Waals surface area contributed by atoms with Crippen molar-refractivity contribution in [2.45, 2.75) is 45.6 Å². The lowest BCUT2D eigenvalue weighted by atomic mass is 9.88. The Kier molecular flexibility index (Phi) is 5.04. The second kappa shape index (κ2) is 6.69. The summed E-state index contributed by atoms with van der Waals surface area (Å²) in [6.07, 6.45) is 2.11. The van der Waals surface area contributed by atoms with E-state index in [1.165, 1.54) is 5.69 Å². The fraction of sp³-hybridized carbons (Fsp3) is 0.529. The zero-order valence-electron chi connectivity index (χ0n) is 13.3. The van der Waals surface area contributed by atoms with Gasteiger partial charge in [-0.05, 0) is 76.4 Å². The first-order valence-electron chi connectivity index (χ1n) is 7.86. The van der Waals surface area contributed by atoms with Crippen LogP contribution in [-0.2, 0) is 0 Å². The molecule has 2 aromatic rings. The Morgan fingerprint density at radius 1 is 1.23 bits per heavy atom. The second-order valence-electron chi connectivity index (χ2n) is 6.49. The third-order valence-electron chi connectivity index (χ3n) is 4.82. The molecule has 1 fully saturated rings. The molecule has 0 aliphatic carbocycles. The highest BCUT2D eigenvalue weighted by Crippen LogP contribution is 2.35. The van der Waals surface area contributed by atoms with Crippen molar-refractivity contribution in [2.24, 2.45) is 0 Å². The maximum absolute atomic E-state index is 14.6. The van der Waals surface area contributed by atoms with E-state index >= 15 is 0 Å². The molecule has 0 N–H and O–H groups in total. The number of rotatable bonds is 3. The molecule has 0 saturated carbocycles. The summed E-state index contributed by atoms with van der Waals surface area (Å²) in [6.45, 7) is 8.69. The number of hydrogen-bond acceptors (Lipinski definition) is 2. The molecule has 1 aromatic carbocycles. The molecule has 1 aliphatic rings. The number of benzene rings is 1. The molecule has 22 heavy (non-hydrogen) atoms. The van der Waals surface area contributed by atoms with Crippen molar-refractivity contribution in [3.05, 3.63) is 35.3 Å².